The third kappa shape index (κ3) is 2.60. The summed E-state index contributed by atoms with van der Waals surface area (Å²) in [6.45, 7) is 3.22. The molecule has 2 nitrogen and oxygen atoms in total. The van der Waals surface area contributed by atoms with Gasteiger partial charge in [-0.25, -0.2) is 0 Å². The third-order valence-corrected chi connectivity index (χ3v) is 5.28. The van der Waals surface area contributed by atoms with Gasteiger partial charge in [-0.05, 0) is 56.4 Å². The van der Waals surface area contributed by atoms with Gasteiger partial charge >= 0.3 is 0 Å². The first-order valence-electron chi connectivity index (χ1n) is 6.84. The van der Waals surface area contributed by atoms with Crippen molar-refractivity contribution in [1.29, 1.82) is 0 Å². The van der Waals surface area contributed by atoms with Gasteiger partial charge in [0.05, 0.1) is 4.34 Å². The fourth-order valence-corrected chi connectivity index (χ4v) is 4.10. The van der Waals surface area contributed by atoms with Crippen molar-refractivity contribution < 1.29 is 0 Å². The lowest BCUT2D eigenvalue weighted by Crippen LogP contribution is -2.18. The molecule has 2 heterocycles. The van der Waals surface area contributed by atoms with Crippen LogP contribution >= 0.6 is 22.9 Å². The number of rotatable bonds is 3. The Morgan fingerprint density at radius 1 is 1.47 bits per heavy atom. The summed E-state index contributed by atoms with van der Waals surface area (Å²) in [5.74, 6) is 0. The lowest BCUT2D eigenvalue weighted by Gasteiger charge is -2.21. The molecule has 0 saturated carbocycles. The lowest BCUT2D eigenvalue weighted by molar-refractivity contribution is 0.537. The number of hydrogen-bond donors (Lipinski definition) is 1. The van der Waals surface area contributed by atoms with Gasteiger partial charge in [0.15, 0.2) is 0 Å². The predicted octanol–water partition coefficient (Wildman–Crippen LogP) is 4.09. The van der Waals surface area contributed by atoms with Gasteiger partial charge in [-0.15, -0.1) is 11.3 Å². The van der Waals surface area contributed by atoms with E-state index < -0.39 is 0 Å². The largest absolute Gasteiger partial charge is 0.348 e. The fraction of sp³-hybridized carbons (Fsp3) is 0.467. The van der Waals surface area contributed by atoms with E-state index >= 15 is 0 Å². The Labute approximate surface area is 123 Å². The molecule has 2 N–H and O–H groups in total. The number of fused-ring (bicyclic) bond motifs is 1. The van der Waals surface area contributed by atoms with Gasteiger partial charge in [0, 0.05) is 28.9 Å². The van der Waals surface area contributed by atoms with Crippen LogP contribution < -0.4 is 5.73 Å². The molecule has 2 aromatic rings. The van der Waals surface area contributed by atoms with Crippen LogP contribution in [0.4, 0.5) is 0 Å². The van der Waals surface area contributed by atoms with Gasteiger partial charge in [-0.1, -0.05) is 11.6 Å². The van der Waals surface area contributed by atoms with Crippen molar-refractivity contribution in [2.45, 2.75) is 45.2 Å². The first kappa shape index (κ1) is 13.2. The molecule has 0 saturated heterocycles. The first-order chi connectivity index (χ1) is 9.15. The normalized spacial score (nSPS) is 18.6. The molecule has 2 aromatic heterocycles. The molecule has 19 heavy (non-hydrogen) atoms. The molecule has 102 valence electrons. The summed E-state index contributed by atoms with van der Waals surface area (Å²) in [4.78, 5) is 1.35. The van der Waals surface area contributed by atoms with Crippen molar-refractivity contribution in [3.8, 4) is 0 Å². The molecule has 0 bridgehead atoms. The Kier molecular flexibility index (Phi) is 3.70. The van der Waals surface area contributed by atoms with Crippen LogP contribution in [-0.4, -0.2) is 4.57 Å². The quantitative estimate of drug-likeness (QED) is 0.908. The topological polar surface area (TPSA) is 30.9 Å². The maximum absolute atomic E-state index is 6.21. The van der Waals surface area contributed by atoms with Crippen LogP contribution in [0.2, 0.25) is 4.34 Å². The molecule has 0 radical (unpaired) electrons. The molecule has 0 aromatic carbocycles. The maximum Gasteiger partial charge on any atom is 0.0931 e. The highest BCUT2D eigenvalue weighted by Crippen LogP contribution is 2.31. The Morgan fingerprint density at radius 3 is 3.05 bits per heavy atom. The number of aryl methyl sites for hydroxylation is 2. The number of thiophene rings is 1. The Hall–Kier alpha value is -0.770. The second-order valence-electron chi connectivity index (χ2n) is 5.29. The van der Waals surface area contributed by atoms with E-state index in [1.165, 1.54) is 34.7 Å². The molecule has 1 aliphatic rings. The summed E-state index contributed by atoms with van der Waals surface area (Å²) in [5, 5.41) is 0. The lowest BCUT2D eigenvalue weighted by atomic mass is 9.93. The van der Waals surface area contributed by atoms with Crippen LogP contribution in [0.5, 0.6) is 0 Å². The Bertz CT molecular complexity index is 585. The van der Waals surface area contributed by atoms with Gasteiger partial charge in [0.1, 0.15) is 0 Å². The molecule has 4 heteroatoms. The van der Waals surface area contributed by atoms with Crippen LogP contribution in [0.1, 0.15) is 40.7 Å². The summed E-state index contributed by atoms with van der Waals surface area (Å²) in [6, 6.07) is 6.62. The molecule has 1 aliphatic carbocycles. The van der Waals surface area contributed by atoms with E-state index in [1.54, 1.807) is 11.3 Å². The highest BCUT2D eigenvalue weighted by Gasteiger charge is 2.21. The zero-order chi connectivity index (χ0) is 13.4. The molecule has 0 aliphatic heterocycles. The SMILES string of the molecule is Cc1cc2c(n1CCc1ccc(Cl)s1)CCCC2N. The average molecular weight is 295 g/mol. The van der Waals surface area contributed by atoms with Gasteiger partial charge in [0.2, 0.25) is 0 Å². The van der Waals surface area contributed by atoms with E-state index in [1.807, 2.05) is 6.07 Å². The number of nitrogens with zero attached hydrogens (tertiary/aromatic N) is 1. The standard InChI is InChI=1S/C15H19ClN2S/c1-10-9-12-13(17)3-2-4-14(12)18(10)8-7-11-5-6-15(16)19-11/h5-6,9,13H,2-4,7-8,17H2,1H3. The molecule has 1 atom stereocenters. The van der Waals surface area contributed by atoms with Crippen LogP contribution in [0.3, 0.4) is 0 Å². The van der Waals surface area contributed by atoms with Crippen molar-refractivity contribution in [3.63, 3.8) is 0 Å². The van der Waals surface area contributed by atoms with Crippen molar-refractivity contribution in [2.24, 2.45) is 5.73 Å². The highest BCUT2D eigenvalue weighted by molar-refractivity contribution is 7.16. The minimum absolute atomic E-state index is 0.236. The molecule has 0 amide bonds. The number of nitrogens with two attached hydrogens (primary N) is 1. The van der Waals surface area contributed by atoms with Crippen LogP contribution in [-0.2, 0) is 19.4 Å². The van der Waals surface area contributed by atoms with Crippen molar-refractivity contribution >= 4 is 22.9 Å². The van der Waals surface area contributed by atoms with E-state index in [2.05, 4.69) is 23.6 Å². The van der Waals surface area contributed by atoms with Crippen molar-refractivity contribution in [1.82, 2.24) is 4.57 Å². The molecule has 3 rings (SSSR count). The monoisotopic (exact) mass is 294 g/mol. The predicted molar refractivity (Wildman–Crippen MR) is 82.1 cm³/mol. The van der Waals surface area contributed by atoms with E-state index in [0.29, 0.717) is 0 Å². The second-order valence-corrected chi connectivity index (χ2v) is 7.09. The smallest absolute Gasteiger partial charge is 0.0931 e. The van der Waals surface area contributed by atoms with E-state index in [-0.39, 0.29) is 6.04 Å². The van der Waals surface area contributed by atoms with Crippen LogP contribution in [0.25, 0.3) is 0 Å². The summed E-state index contributed by atoms with van der Waals surface area (Å²) < 4.78 is 3.32. The molecular weight excluding hydrogens is 276 g/mol. The Morgan fingerprint density at radius 2 is 2.32 bits per heavy atom. The van der Waals surface area contributed by atoms with E-state index in [9.17, 15) is 0 Å². The number of hydrogen-bond acceptors (Lipinski definition) is 2. The first-order valence-corrected chi connectivity index (χ1v) is 8.03. The summed E-state index contributed by atoms with van der Waals surface area (Å²) in [7, 11) is 0. The van der Waals surface area contributed by atoms with Crippen molar-refractivity contribution in [3.05, 3.63) is 44.4 Å². The average Bonchev–Trinajstić information content (AvgIpc) is 2.92. The summed E-state index contributed by atoms with van der Waals surface area (Å²) >= 11 is 7.66. The number of halogens is 1. The van der Waals surface area contributed by atoms with Gasteiger partial charge in [-0.3, -0.25) is 0 Å². The minimum atomic E-state index is 0.236. The number of aromatic nitrogens is 1. The summed E-state index contributed by atoms with van der Waals surface area (Å²) in [5.41, 5.74) is 10.4. The zero-order valence-electron chi connectivity index (χ0n) is 11.2. The van der Waals surface area contributed by atoms with E-state index in [4.69, 9.17) is 17.3 Å². The molecular formula is C15H19ClN2S. The third-order valence-electron chi connectivity index (χ3n) is 3.99. The second kappa shape index (κ2) is 5.31. The van der Waals surface area contributed by atoms with Gasteiger partial charge in [0.25, 0.3) is 0 Å². The van der Waals surface area contributed by atoms with E-state index in [0.717, 1.165) is 23.7 Å². The maximum atomic E-state index is 6.21. The zero-order valence-corrected chi connectivity index (χ0v) is 12.7. The summed E-state index contributed by atoms with van der Waals surface area (Å²) in [6.07, 6.45) is 4.55. The minimum Gasteiger partial charge on any atom is -0.348 e. The fourth-order valence-electron chi connectivity index (χ4n) is 3.02. The van der Waals surface area contributed by atoms with Gasteiger partial charge in [-0.2, -0.15) is 0 Å². The van der Waals surface area contributed by atoms with Gasteiger partial charge < -0.3 is 10.3 Å². The molecule has 1 unspecified atom stereocenters. The van der Waals surface area contributed by atoms with Crippen LogP contribution in [0.15, 0.2) is 18.2 Å². The van der Waals surface area contributed by atoms with Crippen molar-refractivity contribution in [2.75, 3.05) is 0 Å². The molecule has 0 spiro atoms. The molecule has 0 fully saturated rings. The highest BCUT2D eigenvalue weighted by atomic mass is 35.5. The van der Waals surface area contributed by atoms with Crippen LogP contribution in [0, 0.1) is 6.92 Å². The Balaban J connectivity index is 1.81.